The van der Waals surface area contributed by atoms with E-state index >= 15 is 0 Å². The van der Waals surface area contributed by atoms with Crippen LogP contribution in [0.2, 0.25) is 0 Å². The molecule has 0 atom stereocenters. The van der Waals surface area contributed by atoms with E-state index in [1.165, 1.54) is 23.8 Å². The zero-order valence-corrected chi connectivity index (χ0v) is 11.4. The van der Waals surface area contributed by atoms with Crippen LogP contribution in [0.5, 0.6) is 0 Å². The van der Waals surface area contributed by atoms with Crippen LogP contribution in [-0.2, 0) is 0 Å². The zero-order chi connectivity index (χ0) is 13.3. The van der Waals surface area contributed by atoms with E-state index in [-0.39, 0.29) is 0 Å². The number of hydrogen-bond donors (Lipinski definition) is 2. The quantitative estimate of drug-likeness (QED) is 0.863. The number of nitrogens with zero attached hydrogens (tertiary/aromatic N) is 1. The maximum atomic E-state index is 5.68. The number of hydrogen-bond acceptors (Lipinski definition) is 3. The van der Waals surface area contributed by atoms with Crippen molar-refractivity contribution in [3.05, 3.63) is 35.9 Å². The van der Waals surface area contributed by atoms with Gasteiger partial charge in [-0.15, -0.1) is 0 Å². The molecule has 0 spiro atoms. The minimum atomic E-state index is 0.439. The van der Waals surface area contributed by atoms with E-state index in [1.54, 1.807) is 0 Å². The standard InChI is InChI=1S/C16H21N3/c1-12-10-13-4-2-3-5-14(13)19-15(12)18-11-16(6-7-16)8-9-17/h2-5,10H,6-9,11,17H2,1H3,(H,18,19). The van der Waals surface area contributed by atoms with E-state index in [4.69, 9.17) is 10.7 Å². The lowest BCUT2D eigenvalue weighted by Crippen LogP contribution is -2.20. The first-order chi connectivity index (χ1) is 9.22. The molecule has 1 fully saturated rings. The van der Waals surface area contributed by atoms with Crippen LogP contribution in [-0.4, -0.2) is 18.1 Å². The Kier molecular flexibility index (Phi) is 3.15. The normalized spacial score (nSPS) is 16.5. The Labute approximate surface area is 114 Å². The van der Waals surface area contributed by atoms with Gasteiger partial charge in [-0.2, -0.15) is 0 Å². The van der Waals surface area contributed by atoms with Gasteiger partial charge in [-0.05, 0) is 55.8 Å². The number of nitrogens with two attached hydrogens (primary N) is 1. The molecule has 1 aromatic heterocycles. The molecule has 0 aliphatic heterocycles. The molecule has 1 aliphatic carbocycles. The summed E-state index contributed by atoms with van der Waals surface area (Å²) in [4.78, 5) is 4.72. The van der Waals surface area contributed by atoms with E-state index in [0.717, 1.165) is 30.8 Å². The first-order valence-corrected chi connectivity index (χ1v) is 7.03. The van der Waals surface area contributed by atoms with Gasteiger partial charge in [0.15, 0.2) is 0 Å². The van der Waals surface area contributed by atoms with Crippen molar-refractivity contribution in [1.82, 2.24) is 4.98 Å². The maximum Gasteiger partial charge on any atom is 0.129 e. The molecule has 1 aromatic carbocycles. The van der Waals surface area contributed by atoms with Crippen molar-refractivity contribution < 1.29 is 0 Å². The molecule has 3 nitrogen and oxygen atoms in total. The largest absolute Gasteiger partial charge is 0.369 e. The van der Waals surface area contributed by atoms with Gasteiger partial charge >= 0.3 is 0 Å². The summed E-state index contributed by atoms with van der Waals surface area (Å²) >= 11 is 0. The monoisotopic (exact) mass is 255 g/mol. The molecule has 0 amide bonds. The Bertz CT molecular complexity index is 588. The predicted molar refractivity (Wildman–Crippen MR) is 80.3 cm³/mol. The van der Waals surface area contributed by atoms with Crippen LogP contribution >= 0.6 is 0 Å². The number of para-hydroxylation sites is 1. The second-order valence-electron chi connectivity index (χ2n) is 5.74. The molecular formula is C16H21N3. The van der Waals surface area contributed by atoms with Crippen molar-refractivity contribution >= 4 is 16.7 Å². The molecule has 100 valence electrons. The van der Waals surface area contributed by atoms with Gasteiger partial charge in [-0.25, -0.2) is 4.98 Å². The van der Waals surface area contributed by atoms with E-state index in [1.807, 2.05) is 6.07 Å². The van der Waals surface area contributed by atoms with Crippen molar-refractivity contribution in [3.63, 3.8) is 0 Å². The number of benzene rings is 1. The highest BCUT2D eigenvalue weighted by Crippen LogP contribution is 2.48. The summed E-state index contributed by atoms with van der Waals surface area (Å²) in [5.74, 6) is 1.02. The SMILES string of the molecule is Cc1cc2ccccc2nc1NCC1(CCN)CC1. The molecule has 1 saturated carbocycles. The Hall–Kier alpha value is -1.61. The van der Waals surface area contributed by atoms with Crippen LogP contribution in [0.4, 0.5) is 5.82 Å². The zero-order valence-electron chi connectivity index (χ0n) is 11.4. The Morgan fingerprint density at radius 1 is 1.32 bits per heavy atom. The minimum absolute atomic E-state index is 0.439. The van der Waals surface area contributed by atoms with Crippen molar-refractivity contribution in [3.8, 4) is 0 Å². The second kappa shape index (κ2) is 4.82. The fourth-order valence-corrected chi connectivity index (χ4v) is 2.67. The summed E-state index contributed by atoms with van der Waals surface area (Å²) in [6.45, 7) is 3.90. The van der Waals surface area contributed by atoms with Crippen LogP contribution in [0.15, 0.2) is 30.3 Å². The minimum Gasteiger partial charge on any atom is -0.369 e. The van der Waals surface area contributed by atoms with Gasteiger partial charge < -0.3 is 11.1 Å². The lowest BCUT2D eigenvalue weighted by atomic mass is 10.0. The van der Waals surface area contributed by atoms with Gasteiger partial charge in [0.05, 0.1) is 5.52 Å². The summed E-state index contributed by atoms with van der Waals surface area (Å²) in [6.07, 6.45) is 3.71. The molecule has 0 saturated heterocycles. The van der Waals surface area contributed by atoms with Gasteiger partial charge in [-0.3, -0.25) is 0 Å². The van der Waals surface area contributed by atoms with Crippen LogP contribution in [0.25, 0.3) is 10.9 Å². The maximum absolute atomic E-state index is 5.68. The molecule has 1 heterocycles. The molecule has 3 N–H and O–H groups in total. The molecule has 0 unspecified atom stereocenters. The van der Waals surface area contributed by atoms with Crippen LogP contribution in [0.3, 0.4) is 0 Å². The predicted octanol–water partition coefficient (Wildman–Crippen LogP) is 3.08. The van der Waals surface area contributed by atoms with Gasteiger partial charge in [0.2, 0.25) is 0 Å². The Morgan fingerprint density at radius 2 is 2.11 bits per heavy atom. The number of nitrogens with one attached hydrogen (secondary N) is 1. The smallest absolute Gasteiger partial charge is 0.129 e. The summed E-state index contributed by atoms with van der Waals surface area (Å²) in [5.41, 5.74) is 8.39. The van der Waals surface area contributed by atoms with Gasteiger partial charge in [0.1, 0.15) is 5.82 Å². The highest BCUT2D eigenvalue weighted by molar-refractivity contribution is 5.81. The number of aryl methyl sites for hydroxylation is 1. The number of aromatic nitrogens is 1. The molecule has 3 heteroatoms. The average Bonchev–Trinajstić information content (AvgIpc) is 3.17. The van der Waals surface area contributed by atoms with Crippen molar-refractivity contribution in [2.75, 3.05) is 18.4 Å². The van der Waals surface area contributed by atoms with Crippen molar-refractivity contribution in [2.45, 2.75) is 26.2 Å². The summed E-state index contributed by atoms with van der Waals surface area (Å²) < 4.78 is 0. The topological polar surface area (TPSA) is 50.9 Å². The molecule has 3 rings (SSSR count). The fraction of sp³-hybridized carbons (Fsp3) is 0.438. The number of fused-ring (bicyclic) bond motifs is 1. The van der Waals surface area contributed by atoms with Gasteiger partial charge in [-0.1, -0.05) is 18.2 Å². The average molecular weight is 255 g/mol. The van der Waals surface area contributed by atoms with Crippen molar-refractivity contribution in [2.24, 2.45) is 11.1 Å². The lowest BCUT2D eigenvalue weighted by Gasteiger charge is -2.16. The highest BCUT2D eigenvalue weighted by Gasteiger charge is 2.41. The summed E-state index contributed by atoms with van der Waals surface area (Å²) in [5, 5.41) is 4.73. The third-order valence-corrected chi connectivity index (χ3v) is 4.18. The van der Waals surface area contributed by atoms with Crippen LogP contribution in [0, 0.1) is 12.3 Å². The molecule has 1 aliphatic rings. The molecule has 0 radical (unpaired) electrons. The number of pyridine rings is 1. The number of rotatable bonds is 5. The van der Waals surface area contributed by atoms with E-state index in [2.05, 4.69) is 36.5 Å². The first kappa shape index (κ1) is 12.4. The third-order valence-electron chi connectivity index (χ3n) is 4.18. The molecule has 0 bridgehead atoms. The molecule has 2 aromatic rings. The third kappa shape index (κ3) is 2.56. The van der Waals surface area contributed by atoms with E-state index in [9.17, 15) is 0 Å². The van der Waals surface area contributed by atoms with Gasteiger partial charge in [0, 0.05) is 11.9 Å². The number of anilines is 1. The molecule has 19 heavy (non-hydrogen) atoms. The molecular weight excluding hydrogens is 234 g/mol. The van der Waals surface area contributed by atoms with E-state index in [0.29, 0.717) is 5.41 Å². The second-order valence-corrected chi connectivity index (χ2v) is 5.74. The first-order valence-electron chi connectivity index (χ1n) is 7.03. The van der Waals surface area contributed by atoms with Gasteiger partial charge in [0.25, 0.3) is 0 Å². The van der Waals surface area contributed by atoms with Crippen LogP contribution < -0.4 is 11.1 Å². The Morgan fingerprint density at radius 3 is 2.84 bits per heavy atom. The fourth-order valence-electron chi connectivity index (χ4n) is 2.67. The van der Waals surface area contributed by atoms with E-state index < -0.39 is 0 Å². The summed E-state index contributed by atoms with van der Waals surface area (Å²) in [6, 6.07) is 10.5. The highest BCUT2D eigenvalue weighted by atomic mass is 15.0. The Balaban J connectivity index is 1.79. The van der Waals surface area contributed by atoms with Crippen molar-refractivity contribution in [1.29, 1.82) is 0 Å². The lowest BCUT2D eigenvalue weighted by molar-refractivity contribution is 0.500. The van der Waals surface area contributed by atoms with Crippen LogP contribution in [0.1, 0.15) is 24.8 Å². The summed E-state index contributed by atoms with van der Waals surface area (Å²) in [7, 11) is 0.